The molecule has 2 aliphatic rings. The predicted molar refractivity (Wildman–Crippen MR) is 183 cm³/mol. The lowest BCUT2D eigenvalue weighted by molar-refractivity contribution is 0.0774. The Morgan fingerprint density at radius 1 is 0.809 bits per heavy atom. The van der Waals surface area contributed by atoms with Gasteiger partial charge in [-0.3, -0.25) is 4.98 Å². The molecular formula is C36H39Cl2FN4O4. The van der Waals surface area contributed by atoms with Gasteiger partial charge in [-0.05, 0) is 49.9 Å². The van der Waals surface area contributed by atoms with Crippen molar-refractivity contribution in [3.05, 3.63) is 81.7 Å². The first-order chi connectivity index (χ1) is 23.0. The fourth-order valence-corrected chi connectivity index (χ4v) is 6.77. The zero-order chi connectivity index (χ0) is 32.8. The second-order valence-corrected chi connectivity index (χ2v) is 12.5. The lowest BCUT2D eigenvalue weighted by Gasteiger charge is -2.24. The van der Waals surface area contributed by atoms with Crippen molar-refractivity contribution in [1.29, 1.82) is 0 Å². The second-order valence-electron chi connectivity index (χ2n) is 11.7. The summed E-state index contributed by atoms with van der Waals surface area (Å²) in [5.41, 5.74) is 5.12. The highest BCUT2D eigenvalue weighted by atomic mass is 35.5. The molecule has 2 aliphatic heterocycles. The summed E-state index contributed by atoms with van der Waals surface area (Å²) < 4.78 is 37.8. The van der Waals surface area contributed by atoms with E-state index in [4.69, 9.17) is 47.1 Å². The van der Waals surface area contributed by atoms with Gasteiger partial charge in [0.2, 0.25) is 5.88 Å². The summed E-state index contributed by atoms with van der Waals surface area (Å²) in [6.07, 6.45) is 5.39. The molecule has 0 radical (unpaired) electrons. The molecule has 2 saturated heterocycles. The molecule has 0 saturated carbocycles. The number of hydrogen-bond acceptors (Lipinski definition) is 8. The van der Waals surface area contributed by atoms with E-state index in [2.05, 4.69) is 15.6 Å². The van der Waals surface area contributed by atoms with Gasteiger partial charge in [0.1, 0.15) is 11.6 Å². The van der Waals surface area contributed by atoms with Gasteiger partial charge >= 0.3 is 0 Å². The highest BCUT2D eigenvalue weighted by Crippen LogP contribution is 2.42. The monoisotopic (exact) mass is 680 g/mol. The number of nitrogens with zero attached hydrogens (tertiary/aromatic N) is 2. The summed E-state index contributed by atoms with van der Waals surface area (Å²) >= 11 is 14.1. The molecule has 0 spiro atoms. The molecule has 2 N–H and O–H groups in total. The van der Waals surface area contributed by atoms with E-state index < -0.39 is 5.82 Å². The van der Waals surface area contributed by atoms with E-state index in [-0.39, 0.29) is 6.04 Å². The van der Waals surface area contributed by atoms with Crippen LogP contribution in [0.4, 0.5) is 4.39 Å². The largest absolute Gasteiger partial charge is 0.496 e. The van der Waals surface area contributed by atoms with Crippen LogP contribution in [-0.4, -0.2) is 62.7 Å². The van der Waals surface area contributed by atoms with Crippen molar-refractivity contribution in [2.45, 2.75) is 50.9 Å². The van der Waals surface area contributed by atoms with E-state index in [0.717, 1.165) is 50.0 Å². The summed E-state index contributed by atoms with van der Waals surface area (Å²) in [6, 6.07) is 15.4. The second kappa shape index (κ2) is 15.7. The number of ether oxygens (including phenoxy) is 4. The topological polar surface area (TPSA) is 86.8 Å². The first-order valence-electron chi connectivity index (χ1n) is 15.9. The third kappa shape index (κ3) is 7.72. The Kier molecular flexibility index (Phi) is 11.2. The van der Waals surface area contributed by atoms with Crippen LogP contribution in [0, 0.1) is 5.82 Å². The van der Waals surface area contributed by atoms with Gasteiger partial charge in [0.15, 0.2) is 0 Å². The van der Waals surface area contributed by atoms with Gasteiger partial charge in [-0.2, -0.15) is 0 Å². The molecule has 8 nitrogen and oxygen atoms in total. The molecule has 248 valence electrons. The SMILES string of the molecule is COc1cc(-c2nccc(-c3cccc(-c4ccc(CNC5CCOCC5)c(OC)n4)c3Cl)c2Cl)cc(F)c1CNC1CCOCC1. The molecule has 4 aromatic rings. The van der Waals surface area contributed by atoms with Crippen molar-refractivity contribution in [2.75, 3.05) is 40.6 Å². The zero-order valence-electron chi connectivity index (χ0n) is 26.6. The molecule has 2 aromatic heterocycles. The number of hydrogen-bond donors (Lipinski definition) is 2. The molecule has 0 aliphatic carbocycles. The number of rotatable bonds is 11. The number of aromatic nitrogens is 2. The molecule has 0 bridgehead atoms. The van der Waals surface area contributed by atoms with Crippen LogP contribution in [0.2, 0.25) is 10.0 Å². The maximum absolute atomic E-state index is 15.6. The predicted octanol–water partition coefficient (Wildman–Crippen LogP) is 7.48. The van der Waals surface area contributed by atoms with Gasteiger partial charge in [-0.1, -0.05) is 47.5 Å². The fourth-order valence-electron chi connectivity index (χ4n) is 6.13. The fraction of sp³-hybridized carbons (Fsp3) is 0.389. The van der Waals surface area contributed by atoms with E-state index in [1.165, 1.54) is 13.2 Å². The first-order valence-corrected chi connectivity index (χ1v) is 16.7. The van der Waals surface area contributed by atoms with Crippen molar-refractivity contribution in [1.82, 2.24) is 20.6 Å². The minimum atomic E-state index is -0.395. The molecular weight excluding hydrogens is 642 g/mol. The Morgan fingerprint density at radius 2 is 1.47 bits per heavy atom. The van der Waals surface area contributed by atoms with Crippen molar-refractivity contribution in [3.8, 4) is 45.3 Å². The number of methoxy groups -OCH3 is 2. The highest BCUT2D eigenvalue weighted by Gasteiger charge is 2.22. The summed E-state index contributed by atoms with van der Waals surface area (Å²) in [6.45, 7) is 3.94. The average molecular weight is 682 g/mol. The Labute approximate surface area is 284 Å². The van der Waals surface area contributed by atoms with Crippen molar-refractivity contribution < 1.29 is 23.3 Å². The van der Waals surface area contributed by atoms with Crippen LogP contribution in [-0.2, 0) is 22.6 Å². The first kappa shape index (κ1) is 33.6. The van der Waals surface area contributed by atoms with E-state index in [9.17, 15) is 0 Å². The maximum Gasteiger partial charge on any atom is 0.218 e. The highest BCUT2D eigenvalue weighted by molar-refractivity contribution is 6.39. The van der Waals surface area contributed by atoms with Gasteiger partial charge in [-0.25, -0.2) is 9.37 Å². The maximum atomic E-state index is 15.6. The minimum absolute atomic E-state index is 0.272. The van der Waals surface area contributed by atoms with E-state index >= 15 is 4.39 Å². The molecule has 4 heterocycles. The molecule has 2 aromatic carbocycles. The number of halogens is 3. The van der Waals surface area contributed by atoms with Gasteiger partial charge in [0.25, 0.3) is 0 Å². The molecule has 2 fully saturated rings. The van der Waals surface area contributed by atoms with Crippen molar-refractivity contribution in [3.63, 3.8) is 0 Å². The van der Waals surface area contributed by atoms with Crippen LogP contribution in [0.15, 0.2) is 54.7 Å². The minimum Gasteiger partial charge on any atom is -0.496 e. The number of nitrogens with one attached hydrogen (secondary N) is 2. The van der Waals surface area contributed by atoms with Crippen LogP contribution >= 0.6 is 23.2 Å². The molecule has 11 heteroatoms. The average Bonchev–Trinajstić information content (AvgIpc) is 3.11. The van der Waals surface area contributed by atoms with Gasteiger partial charge < -0.3 is 29.6 Å². The quantitative estimate of drug-likeness (QED) is 0.169. The van der Waals surface area contributed by atoms with E-state index in [1.807, 2.05) is 30.3 Å². The molecule has 0 atom stereocenters. The van der Waals surface area contributed by atoms with Crippen LogP contribution < -0.4 is 20.1 Å². The van der Waals surface area contributed by atoms with Gasteiger partial charge in [-0.15, -0.1) is 0 Å². The summed E-state index contributed by atoms with van der Waals surface area (Å²) in [7, 11) is 3.15. The molecule has 6 rings (SSSR count). The molecule has 0 amide bonds. The summed E-state index contributed by atoms with van der Waals surface area (Å²) in [5.74, 6) is 0.568. The van der Waals surface area contributed by atoms with Crippen molar-refractivity contribution in [2.24, 2.45) is 0 Å². The van der Waals surface area contributed by atoms with Gasteiger partial charge in [0, 0.05) is 91.2 Å². The summed E-state index contributed by atoms with van der Waals surface area (Å²) in [4.78, 5) is 9.33. The Bertz CT molecular complexity index is 1700. The van der Waals surface area contributed by atoms with Crippen LogP contribution in [0.1, 0.15) is 36.8 Å². The molecule has 47 heavy (non-hydrogen) atoms. The van der Waals surface area contributed by atoms with Crippen molar-refractivity contribution >= 4 is 23.2 Å². The van der Waals surface area contributed by atoms with Gasteiger partial charge in [0.05, 0.1) is 35.7 Å². The standard InChI is InChI=1S/C36H39Cl2FN4O4/c1-44-32-19-23(18-30(39)29(32)21-42-25-11-16-47-17-12-25)35-34(38)27(8-13-40-35)26-4-3-5-28(33(26)37)31-7-6-22(36(43-31)45-2)20-41-24-9-14-46-15-10-24/h3-8,13,18-19,24-25,41-42H,9-12,14-17,20-21H2,1-2H3. The lowest BCUT2D eigenvalue weighted by atomic mass is 9.99. The third-order valence-electron chi connectivity index (χ3n) is 8.83. The number of benzene rings is 2. The van der Waals surface area contributed by atoms with E-state index in [0.29, 0.717) is 87.7 Å². The van der Waals surface area contributed by atoms with Crippen LogP contribution in [0.25, 0.3) is 33.6 Å². The Balaban J connectivity index is 1.26. The lowest BCUT2D eigenvalue weighted by Crippen LogP contribution is -2.34. The number of pyridine rings is 2. The summed E-state index contributed by atoms with van der Waals surface area (Å²) in [5, 5.41) is 7.85. The molecule has 0 unspecified atom stereocenters. The Morgan fingerprint density at radius 3 is 2.15 bits per heavy atom. The van der Waals surface area contributed by atoms with Crippen LogP contribution in [0.5, 0.6) is 11.6 Å². The third-order valence-corrected chi connectivity index (χ3v) is 9.62. The zero-order valence-corrected chi connectivity index (χ0v) is 28.1. The normalized spacial score (nSPS) is 15.9. The Hall–Kier alpha value is -3.31. The smallest absolute Gasteiger partial charge is 0.218 e. The van der Waals surface area contributed by atoms with Crippen LogP contribution in [0.3, 0.4) is 0 Å². The van der Waals surface area contributed by atoms with E-state index in [1.54, 1.807) is 25.4 Å².